The molecule has 8 aromatic rings. The van der Waals surface area contributed by atoms with Crippen LogP contribution >= 0.6 is 0 Å². The van der Waals surface area contributed by atoms with Crippen molar-refractivity contribution in [3.63, 3.8) is 0 Å². The molecule has 56 heavy (non-hydrogen) atoms. The Balaban J connectivity index is 1.12. The van der Waals surface area contributed by atoms with Crippen LogP contribution in [0.5, 0.6) is 11.5 Å². The van der Waals surface area contributed by atoms with Gasteiger partial charge in [-0.15, -0.1) is 0 Å². The molecule has 2 saturated heterocycles. The summed E-state index contributed by atoms with van der Waals surface area (Å²) in [6.07, 6.45) is 5.24. The summed E-state index contributed by atoms with van der Waals surface area (Å²) in [5.41, 5.74) is 8.69. The maximum Gasteiger partial charge on any atom is 0.176 e. The highest BCUT2D eigenvalue weighted by atomic mass is 16.5. The van der Waals surface area contributed by atoms with Crippen LogP contribution in [0.25, 0.3) is 54.7 Å². The van der Waals surface area contributed by atoms with Crippen molar-refractivity contribution in [2.45, 2.75) is 50.4 Å². The maximum absolute atomic E-state index is 10.9. The number of aromatic hydroxyl groups is 1. The number of hydrogen-bond donors (Lipinski definition) is 1. The molecule has 4 heteroatoms. The van der Waals surface area contributed by atoms with Crippen LogP contribution in [-0.4, -0.2) is 32.7 Å². The number of hydrogen-bond acceptors (Lipinski definition) is 3. The van der Waals surface area contributed by atoms with E-state index < -0.39 is 0 Å². The van der Waals surface area contributed by atoms with Crippen LogP contribution in [-0.2, 0) is 6.54 Å². The minimum atomic E-state index is -0.271. The van der Waals surface area contributed by atoms with Gasteiger partial charge in [0.15, 0.2) is 6.10 Å². The van der Waals surface area contributed by atoms with Gasteiger partial charge in [0.2, 0.25) is 0 Å². The first-order chi connectivity index (χ1) is 27.6. The second kappa shape index (κ2) is 12.8. The van der Waals surface area contributed by atoms with Gasteiger partial charge in [0.1, 0.15) is 29.6 Å². The molecule has 1 aliphatic carbocycles. The average molecular weight is 730 g/mol. The van der Waals surface area contributed by atoms with E-state index in [-0.39, 0.29) is 23.4 Å². The SMILES string of the molecule is CCC1C2CC([C@@H](Oc3cc4ccccc4c4ccccc34)c3ccnc4ccc(O)cc34)[N+]3(Cc4cc(-c5ccccc5)ccc4-c4ccccc4)CCC123. The Morgan fingerprint density at radius 3 is 2.21 bits per heavy atom. The third kappa shape index (κ3) is 4.91. The second-order valence-corrected chi connectivity index (χ2v) is 16.5. The Hall–Kier alpha value is -5.97. The van der Waals surface area contributed by atoms with E-state index in [0.29, 0.717) is 11.8 Å². The number of rotatable bonds is 9. The number of aromatic nitrogens is 1. The van der Waals surface area contributed by atoms with E-state index in [1.54, 1.807) is 6.07 Å². The summed E-state index contributed by atoms with van der Waals surface area (Å²) in [5, 5.41) is 16.6. The van der Waals surface area contributed by atoms with Crippen molar-refractivity contribution in [2.24, 2.45) is 11.8 Å². The van der Waals surface area contributed by atoms with Gasteiger partial charge in [-0.1, -0.05) is 128 Å². The van der Waals surface area contributed by atoms with Crippen molar-refractivity contribution in [1.29, 1.82) is 0 Å². The van der Waals surface area contributed by atoms with Gasteiger partial charge in [-0.2, -0.15) is 0 Å². The summed E-state index contributed by atoms with van der Waals surface area (Å²) >= 11 is 0. The molecule has 2 aliphatic heterocycles. The summed E-state index contributed by atoms with van der Waals surface area (Å²) in [7, 11) is 0. The van der Waals surface area contributed by atoms with E-state index in [0.717, 1.165) is 51.6 Å². The lowest BCUT2D eigenvalue weighted by Gasteiger charge is -2.57. The van der Waals surface area contributed by atoms with Gasteiger partial charge in [0.25, 0.3) is 0 Å². The topological polar surface area (TPSA) is 42.4 Å². The van der Waals surface area contributed by atoms with Gasteiger partial charge in [-0.3, -0.25) is 4.98 Å². The molecule has 5 unspecified atom stereocenters. The summed E-state index contributed by atoms with van der Waals surface area (Å²) in [4.78, 5) is 4.78. The first kappa shape index (κ1) is 33.4. The zero-order chi connectivity index (χ0) is 37.4. The molecular weight excluding hydrogens is 685 g/mol. The lowest BCUT2D eigenvalue weighted by molar-refractivity contribution is -1.03. The van der Waals surface area contributed by atoms with Gasteiger partial charge in [-0.05, 0) is 81.2 Å². The number of piperidine rings is 1. The Labute approximate surface area is 328 Å². The van der Waals surface area contributed by atoms with Crippen molar-refractivity contribution in [2.75, 3.05) is 6.54 Å². The number of fused-ring (bicyclic) bond motifs is 4. The molecule has 3 fully saturated rings. The molecule has 1 aromatic heterocycles. The first-order valence-corrected chi connectivity index (χ1v) is 20.3. The average Bonchev–Trinajstić information content (AvgIpc) is 3.89. The fourth-order valence-electron chi connectivity index (χ4n) is 11.7. The Morgan fingerprint density at radius 2 is 1.45 bits per heavy atom. The quantitative estimate of drug-likeness (QED) is 0.119. The maximum atomic E-state index is 10.9. The van der Waals surface area contributed by atoms with E-state index in [9.17, 15) is 5.11 Å². The van der Waals surface area contributed by atoms with Crippen molar-refractivity contribution >= 4 is 32.4 Å². The van der Waals surface area contributed by atoms with Crippen molar-refractivity contribution in [1.82, 2.24) is 4.98 Å². The molecule has 0 bridgehead atoms. The monoisotopic (exact) mass is 729 g/mol. The van der Waals surface area contributed by atoms with Gasteiger partial charge in [0.05, 0.1) is 18.5 Å². The summed E-state index contributed by atoms with van der Waals surface area (Å²) < 4.78 is 8.71. The molecule has 1 N–H and O–H groups in total. The summed E-state index contributed by atoms with van der Waals surface area (Å²) in [6, 6.07) is 56.4. The molecule has 6 atom stereocenters. The predicted molar refractivity (Wildman–Crippen MR) is 227 cm³/mol. The number of quaternary nitrogens is 1. The van der Waals surface area contributed by atoms with Gasteiger partial charge < -0.3 is 14.3 Å². The standard InChI is InChI=1S/C52H44N2O2/c1-2-46-47-32-49(54(28-26-52(46,47)54)33-38-29-36(34-13-5-3-6-14-34)21-23-40(38)35-15-7-4-8-16-35)51(44-25-27-53-48-24-22-39(55)31-45(44)48)56-50-30-37-17-9-10-18-41(37)42-19-11-12-20-43(42)50/h3-25,27,29-31,46-47,49,51H,2,26,28,32-33H2,1H3/p+1/t46?,47?,49?,51-,52?,54?/m0/s1. The lowest BCUT2D eigenvalue weighted by atomic mass is 9.84. The number of pyridine rings is 1. The lowest BCUT2D eigenvalue weighted by Crippen LogP contribution is -2.71. The highest BCUT2D eigenvalue weighted by Crippen LogP contribution is 2.76. The molecule has 7 aromatic carbocycles. The van der Waals surface area contributed by atoms with Crippen LogP contribution in [0, 0.1) is 11.8 Å². The van der Waals surface area contributed by atoms with E-state index in [2.05, 4.69) is 146 Å². The Morgan fingerprint density at radius 1 is 0.714 bits per heavy atom. The number of phenolic OH excluding ortho intramolecular Hbond substituents is 1. The molecule has 11 rings (SSSR count). The number of phenols is 1. The molecule has 0 radical (unpaired) electrons. The normalized spacial score (nSPS) is 24.1. The summed E-state index contributed by atoms with van der Waals surface area (Å²) in [5.74, 6) is 2.53. The van der Waals surface area contributed by atoms with Crippen LogP contribution in [0.4, 0.5) is 0 Å². The molecule has 4 nitrogen and oxygen atoms in total. The van der Waals surface area contributed by atoms with Gasteiger partial charge in [-0.25, -0.2) is 0 Å². The zero-order valence-corrected chi connectivity index (χ0v) is 31.7. The number of nitrogens with zero attached hydrogens (tertiary/aromatic N) is 2. The smallest absolute Gasteiger partial charge is 0.176 e. The zero-order valence-electron chi connectivity index (χ0n) is 31.7. The molecule has 3 aliphatic rings. The number of benzene rings is 7. The molecular formula is C52H45N2O2+. The van der Waals surface area contributed by atoms with Crippen molar-refractivity contribution in [3.05, 3.63) is 175 Å². The third-order valence-corrected chi connectivity index (χ3v) is 14.1. The second-order valence-electron chi connectivity index (χ2n) is 16.5. The predicted octanol–water partition coefficient (Wildman–Crippen LogP) is 12.3. The fourth-order valence-corrected chi connectivity index (χ4v) is 11.7. The van der Waals surface area contributed by atoms with Crippen LogP contribution < -0.4 is 4.74 Å². The Bertz CT molecular complexity index is 2780. The van der Waals surface area contributed by atoms with Crippen LogP contribution in [0.3, 0.4) is 0 Å². The Kier molecular flexibility index (Phi) is 7.62. The van der Waals surface area contributed by atoms with E-state index >= 15 is 0 Å². The van der Waals surface area contributed by atoms with Crippen LogP contribution in [0.15, 0.2) is 164 Å². The van der Waals surface area contributed by atoms with Gasteiger partial charge >= 0.3 is 0 Å². The van der Waals surface area contributed by atoms with E-state index in [4.69, 9.17) is 9.72 Å². The molecule has 3 heterocycles. The first-order valence-electron chi connectivity index (χ1n) is 20.3. The fraction of sp³-hybridized carbons (Fsp3) is 0.212. The van der Waals surface area contributed by atoms with Crippen LogP contribution in [0.1, 0.15) is 43.4 Å². The van der Waals surface area contributed by atoms with Crippen molar-refractivity contribution in [3.8, 4) is 33.8 Å². The van der Waals surface area contributed by atoms with E-state index in [1.165, 1.54) is 56.8 Å². The van der Waals surface area contributed by atoms with E-state index in [1.807, 2.05) is 18.3 Å². The molecule has 1 spiro atoms. The van der Waals surface area contributed by atoms with Crippen LogP contribution in [0.2, 0.25) is 0 Å². The molecule has 1 saturated carbocycles. The van der Waals surface area contributed by atoms with Crippen molar-refractivity contribution < 1.29 is 14.3 Å². The number of ether oxygens (including phenoxy) is 1. The summed E-state index contributed by atoms with van der Waals surface area (Å²) in [6.45, 7) is 4.46. The molecule has 0 amide bonds. The molecule has 274 valence electrons. The third-order valence-electron chi connectivity index (χ3n) is 14.1. The van der Waals surface area contributed by atoms with Gasteiger partial charge in [0, 0.05) is 46.4 Å². The highest BCUT2D eigenvalue weighted by Gasteiger charge is 2.87. The minimum absolute atomic E-state index is 0.193. The highest BCUT2D eigenvalue weighted by molar-refractivity contribution is 6.10. The largest absolute Gasteiger partial charge is 0.508 e. The minimum Gasteiger partial charge on any atom is -0.508 e.